The third kappa shape index (κ3) is 7.06. The Morgan fingerprint density at radius 3 is 2.39 bits per heavy atom. The molecular formula is C24H27F6N7O3S. The maximum atomic E-state index is 14.8. The van der Waals surface area contributed by atoms with Crippen molar-refractivity contribution < 1.29 is 34.8 Å². The molecule has 3 aromatic rings. The molecule has 0 amide bonds. The molecule has 41 heavy (non-hydrogen) atoms. The molecule has 1 saturated carbocycles. The van der Waals surface area contributed by atoms with Gasteiger partial charge >= 0.3 is 6.18 Å². The first kappa shape index (κ1) is 30.5. The fourth-order valence-electron chi connectivity index (χ4n) is 4.45. The molecule has 4 N–H and O–H groups in total. The van der Waals surface area contributed by atoms with Crippen molar-refractivity contribution >= 4 is 32.8 Å². The van der Waals surface area contributed by atoms with Crippen LogP contribution >= 0.6 is 0 Å². The topological polar surface area (TPSA) is 145 Å². The zero-order valence-electron chi connectivity index (χ0n) is 21.8. The molecule has 0 bridgehead atoms. The van der Waals surface area contributed by atoms with Gasteiger partial charge in [0.05, 0.1) is 18.4 Å². The SMILES string of the molecule is CC(C)n1c(=O)c(-c2cc(F)c(NS(=O)(=O)CCC(F)(F)F)c(F)c2)nc2cnc(NC3CCC(N)C(F)C3)nc21. The number of sulfonamides is 1. The van der Waals surface area contributed by atoms with Crippen LogP contribution in [0.15, 0.2) is 23.1 Å². The van der Waals surface area contributed by atoms with Gasteiger partial charge in [0.2, 0.25) is 16.0 Å². The van der Waals surface area contributed by atoms with Crippen LogP contribution in [0.3, 0.4) is 0 Å². The molecule has 2 heterocycles. The molecule has 3 atom stereocenters. The molecule has 0 aliphatic heterocycles. The summed E-state index contributed by atoms with van der Waals surface area (Å²) in [7, 11) is -4.75. The number of hydrogen-bond donors (Lipinski definition) is 3. The van der Waals surface area contributed by atoms with Crippen LogP contribution < -0.4 is 21.3 Å². The number of fused-ring (bicyclic) bond motifs is 1. The van der Waals surface area contributed by atoms with Crippen LogP contribution in [0.4, 0.5) is 38.0 Å². The predicted octanol–water partition coefficient (Wildman–Crippen LogP) is 4.04. The molecule has 10 nitrogen and oxygen atoms in total. The van der Waals surface area contributed by atoms with Gasteiger partial charge in [-0.25, -0.2) is 31.6 Å². The first-order valence-electron chi connectivity index (χ1n) is 12.6. The van der Waals surface area contributed by atoms with Crippen molar-refractivity contribution in [1.29, 1.82) is 0 Å². The van der Waals surface area contributed by atoms with Crippen LogP contribution in [0, 0.1) is 11.6 Å². The standard InChI is InChI=1S/C24H27F6N7O3S/c1-11(2)37-21-18(10-32-23(35-21)33-13-3-4-17(31)14(25)9-13)34-19(22(37)38)12-7-15(26)20(16(27)8-12)36-41(39,40)6-5-24(28,29)30/h7-8,10-11,13-14,17,36H,3-6,9,31H2,1-2H3,(H,32,33,35). The minimum Gasteiger partial charge on any atom is -0.351 e. The average Bonchev–Trinajstić information content (AvgIpc) is 2.86. The first-order chi connectivity index (χ1) is 19.0. The molecule has 17 heteroatoms. The van der Waals surface area contributed by atoms with Crippen molar-refractivity contribution in [3.8, 4) is 11.3 Å². The monoisotopic (exact) mass is 607 g/mol. The summed E-state index contributed by atoms with van der Waals surface area (Å²) in [5.41, 5.74) is 3.19. The second kappa shape index (κ2) is 11.4. The zero-order valence-corrected chi connectivity index (χ0v) is 22.7. The summed E-state index contributed by atoms with van der Waals surface area (Å²) in [4.78, 5) is 26.1. The number of nitrogens with two attached hydrogens (primary N) is 1. The predicted molar refractivity (Wildman–Crippen MR) is 140 cm³/mol. The Kier molecular flexibility index (Phi) is 8.50. The number of nitrogens with zero attached hydrogens (tertiary/aromatic N) is 4. The van der Waals surface area contributed by atoms with E-state index in [1.807, 2.05) is 0 Å². The third-order valence-corrected chi connectivity index (χ3v) is 7.79. The molecule has 3 unspecified atom stereocenters. The zero-order chi connectivity index (χ0) is 30.3. The van der Waals surface area contributed by atoms with Crippen LogP contribution in [-0.4, -0.2) is 58.1 Å². The van der Waals surface area contributed by atoms with Crippen LogP contribution in [0.1, 0.15) is 45.6 Å². The van der Waals surface area contributed by atoms with Crippen LogP contribution in [0.2, 0.25) is 0 Å². The maximum absolute atomic E-state index is 14.8. The number of alkyl halides is 4. The van der Waals surface area contributed by atoms with Gasteiger partial charge in [0, 0.05) is 30.1 Å². The molecule has 1 fully saturated rings. The second-order valence-corrected chi connectivity index (χ2v) is 11.9. The molecule has 4 rings (SSSR count). The van der Waals surface area contributed by atoms with Crippen molar-refractivity contribution in [2.75, 3.05) is 15.8 Å². The van der Waals surface area contributed by atoms with Gasteiger partial charge in [-0.05, 0) is 38.8 Å². The summed E-state index contributed by atoms with van der Waals surface area (Å²) >= 11 is 0. The molecule has 0 spiro atoms. The van der Waals surface area contributed by atoms with E-state index in [0.717, 1.165) is 0 Å². The molecule has 0 radical (unpaired) electrons. The Balaban J connectivity index is 1.69. The minimum absolute atomic E-state index is 0.0885. The lowest BCUT2D eigenvalue weighted by atomic mass is 9.90. The highest BCUT2D eigenvalue weighted by Gasteiger charge is 2.31. The highest BCUT2D eigenvalue weighted by molar-refractivity contribution is 7.92. The van der Waals surface area contributed by atoms with E-state index >= 15 is 0 Å². The van der Waals surface area contributed by atoms with Gasteiger partial charge in [-0.1, -0.05) is 0 Å². The van der Waals surface area contributed by atoms with Crippen LogP contribution in [0.25, 0.3) is 22.4 Å². The Morgan fingerprint density at radius 1 is 1.15 bits per heavy atom. The summed E-state index contributed by atoms with van der Waals surface area (Å²) in [5, 5.41) is 3.03. The van der Waals surface area contributed by atoms with Crippen molar-refractivity contribution in [2.24, 2.45) is 5.73 Å². The second-order valence-electron chi connectivity index (χ2n) is 10.1. The number of rotatable bonds is 8. The van der Waals surface area contributed by atoms with Crippen molar-refractivity contribution in [2.45, 2.75) is 70.0 Å². The molecule has 224 valence electrons. The fourth-order valence-corrected chi connectivity index (χ4v) is 5.56. The molecule has 1 aliphatic rings. The van der Waals surface area contributed by atoms with Crippen LogP contribution in [-0.2, 0) is 10.0 Å². The van der Waals surface area contributed by atoms with Gasteiger partial charge < -0.3 is 11.1 Å². The quantitative estimate of drug-likeness (QED) is 0.326. The van der Waals surface area contributed by atoms with Gasteiger partial charge in [0.25, 0.3) is 5.56 Å². The Morgan fingerprint density at radius 2 is 1.80 bits per heavy atom. The Labute approximate surface area is 230 Å². The van der Waals surface area contributed by atoms with E-state index in [2.05, 4.69) is 20.3 Å². The van der Waals surface area contributed by atoms with Gasteiger partial charge in [-0.15, -0.1) is 0 Å². The molecule has 1 aromatic carbocycles. The molecule has 1 aliphatic carbocycles. The van der Waals surface area contributed by atoms with Crippen molar-refractivity contribution in [3.63, 3.8) is 0 Å². The van der Waals surface area contributed by atoms with E-state index < -0.39 is 75.2 Å². The van der Waals surface area contributed by atoms with E-state index in [4.69, 9.17) is 5.73 Å². The minimum atomic E-state index is -4.80. The van der Waals surface area contributed by atoms with Crippen LogP contribution in [0.5, 0.6) is 0 Å². The fraction of sp³-hybridized carbons (Fsp3) is 0.500. The van der Waals surface area contributed by atoms with E-state index in [1.165, 1.54) is 15.5 Å². The number of benzene rings is 1. The van der Waals surface area contributed by atoms with E-state index in [9.17, 15) is 39.6 Å². The Hall–Kier alpha value is -3.47. The summed E-state index contributed by atoms with van der Waals surface area (Å²) in [6.45, 7) is 3.33. The summed E-state index contributed by atoms with van der Waals surface area (Å²) in [6.07, 6.45) is -5.22. The van der Waals surface area contributed by atoms with Gasteiger partial charge in [-0.3, -0.25) is 14.1 Å². The average molecular weight is 608 g/mol. The smallest absolute Gasteiger partial charge is 0.351 e. The number of aromatic nitrogens is 4. The van der Waals surface area contributed by atoms with Gasteiger partial charge in [-0.2, -0.15) is 18.2 Å². The normalized spacial score (nSPS) is 20.0. The molecular weight excluding hydrogens is 580 g/mol. The van der Waals surface area contributed by atoms with Crippen molar-refractivity contribution in [3.05, 3.63) is 40.3 Å². The molecule has 2 aromatic heterocycles. The number of hydrogen-bond acceptors (Lipinski definition) is 8. The summed E-state index contributed by atoms with van der Waals surface area (Å²) in [5.74, 6) is -4.26. The largest absolute Gasteiger partial charge is 0.390 e. The maximum Gasteiger partial charge on any atom is 0.390 e. The third-order valence-electron chi connectivity index (χ3n) is 6.53. The number of nitrogens with one attached hydrogen (secondary N) is 2. The lowest BCUT2D eigenvalue weighted by molar-refractivity contribution is -0.129. The Bertz CT molecular complexity index is 1590. The molecule has 0 saturated heterocycles. The number of halogens is 6. The first-order valence-corrected chi connectivity index (χ1v) is 14.2. The van der Waals surface area contributed by atoms with E-state index in [1.54, 1.807) is 13.8 Å². The van der Waals surface area contributed by atoms with Gasteiger partial charge in [0.15, 0.2) is 17.3 Å². The van der Waals surface area contributed by atoms with Crippen molar-refractivity contribution in [1.82, 2.24) is 19.5 Å². The van der Waals surface area contributed by atoms with Gasteiger partial charge in [0.1, 0.15) is 23.1 Å². The lowest BCUT2D eigenvalue weighted by Gasteiger charge is -2.29. The summed E-state index contributed by atoms with van der Waals surface area (Å²) < 4.78 is 108. The summed E-state index contributed by atoms with van der Waals surface area (Å²) in [6, 6.07) is -0.0559. The number of anilines is 2. The lowest BCUT2D eigenvalue weighted by Crippen LogP contribution is -2.42. The highest BCUT2D eigenvalue weighted by Crippen LogP contribution is 2.29. The van der Waals surface area contributed by atoms with E-state index in [0.29, 0.717) is 25.0 Å². The van der Waals surface area contributed by atoms with E-state index in [-0.39, 0.29) is 35.1 Å². The highest BCUT2D eigenvalue weighted by atomic mass is 32.2.